The zero-order valence-electron chi connectivity index (χ0n) is 24.6. The molecule has 0 saturated heterocycles. The molecule has 222 valence electrons. The minimum Gasteiger partial charge on any atom is -0.497 e. The number of allylic oxidation sites excluding steroid dienone is 1. The molecule has 10 nitrogen and oxygen atoms in total. The maximum absolute atomic E-state index is 14.1. The van der Waals surface area contributed by atoms with E-state index in [0.717, 1.165) is 17.0 Å². The van der Waals surface area contributed by atoms with Gasteiger partial charge in [0.25, 0.3) is 5.56 Å². The third-order valence-corrected chi connectivity index (χ3v) is 8.34. The second-order valence-corrected chi connectivity index (χ2v) is 10.9. The average molecular weight is 602 g/mol. The number of esters is 1. The highest BCUT2D eigenvalue weighted by Crippen LogP contribution is 2.38. The predicted molar refractivity (Wildman–Crippen MR) is 162 cm³/mol. The first-order chi connectivity index (χ1) is 20.6. The molecule has 0 radical (unpaired) electrons. The fraction of sp³-hybridized carbons (Fsp3) is 0.250. The number of aromatic carboxylic acids is 1. The molecule has 4 aromatic rings. The third kappa shape index (κ3) is 5.27. The van der Waals surface area contributed by atoms with Crippen LogP contribution in [0.5, 0.6) is 11.5 Å². The molecular weight excluding hydrogens is 570 g/mol. The highest BCUT2D eigenvalue weighted by molar-refractivity contribution is 7.07. The second-order valence-electron chi connectivity index (χ2n) is 9.93. The van der Waals surface area contributed by atoms with Gasteiger partial charge in [-0.15, -0.1) is 0 Å². The normalized spacial score (nSPS) is 14.7. The van der Waals surface area contributed by atoms with Gasteiger partial charge in [0, 0.05) is 22.6 Å². The van der Waals surface area contributed by atoms with E-state index in [2.05, 4.69) is 4.99 Å². The number of carboxylic acids is 1. The van der Waals surface area contributed by atoms with Crippen molar-refractivity contribution < 1.29 is 28.9 Å². The van der Waals surface area contributed by atoms with Crippen molar-refractivity contribution in [2.45, 2.75) is 33.7 Å². The molecule has 1 N–H and O–H groups in total. The van der Waals surface area contributed by atoms with Crippen molar-refractivity contribution in [2.24, 2.45) is 4.99 Å². The maximum Gasteiger partial charge on any atom is 0.338 e. The van der Waals surface area contributed by atoms with E-state index < -0.39 is 18.0 Å². The Morgan fingerprint density at radius 2 is 1.84 bits per heavy atom. The number of carbonyl (C=O) groups excluding carboxylic acids is 1. The fourth-order valence-electron chi connectivity index (χ4n) is 5.39. The number of thiazole rings is 1. The second kappa shape index (κ2) is 11.8. The Morgan fingerprint density at radius 1 is 1.07 bits per heavy atom. The maximum atomic E-state index is 14.1. The van der Waals surface area contributed by atoms with Crippen LogP contribution in [0.25, 0.3) is 11.8 Å². The molecule has 5 rings (SSSR count). The van der Waals surface area contributed by atoms with Crippen LogP contribution < -0.4 is 24.4 Å². The number of carbonyl (C=O) groups is 2. The lowest BCUT2D eigenvalue weighted by Crippen LogP contribution is -2.40. The summed E-state index contributed by atoms with van der Waals surface area (Å²) < 4.78 is 20.4. The average Bonchev–Trinajstić information content (AvgIpc) is 3.45. The van der Waals surface area contributed by atoms with Crippen molar-refractivity contribution in [1.29, 1.82) is 0 Å². The number of nitrogens with zero attached hydrogens (tertiary/aromatic N) is 3. The van der Waals surface area contributed by atoms with E-state index >= 15 is 0 Å². The molecule has 1 aliphatic heterocycles. The molecule has 0 aliphatic carbocycles. The first kappa shape index (κ1) is 29.6. The molecule has 0 unspecified atom stereocenters. The number of rotatable bonds is 8. The summed E-state index contributed by atoms with van der Waals surface area (Å²) in [6, 6.07) is 13.0. The van der Waals surface area contributed by atoms with Gasteiger partial charge in [-0.05, 0) is 81.8 Å². The highest BCUT2D eigenvalue weighted by Gasteiger charge is 2.35. The molecule has 0 bridgehead atoms. The van der Waals surface area contributed by atoms with E-state index in [1.54, 1.807) is 63.4 Å². The number of benzene rings is 2. The quantitative estimate of drug-likeness (QED) is 0.304. The molecule has 3 heterocycles. The van der Waals surface area contributed by atoms with Gasteiger partial charge in [0.1, 0.15) is 17.5 Å². The first-order valence-corrected chi connectivity index (χ1v) is 14.4. The van der Waals surface area contributed by atoms with Crippen LogP contribution in [-0.2, 0) is 9.53 Å². The molecule has 1 atom stereocenters. The molecule has 1 aliphatic rings. The van der Waals surface area contributed by atoms with Gasteiger partial charge < -0.3 is 23.9 Å². The van der Waals surface area contributed by atoms with Crippen molar-refractivity contribution in [2.75, 3.05) is 20.8 Å². The highest BCUT2D eigenvalue weighted by atomic mass is 32.1. The zero-order valence-corrected chi connectivity index (χ0v) is 25.4. The van der Waals surface area contributed by atoms with Crippen molar-refractivity contribution in [3.8, 4) is 17.2 Å². The van der Waals surface area contributed by atoms with Crippen molar-refractivity contribution >= 4 is 29.4 Å². The van der Waals surface area contributed by atoms with Crippen LogP contribution in [0, 0.1) is 13.8 Å². The van der Waals surface area contributed by atoms with Gasteiger partial charge in [0.05, 0.1) is 42.2 Å². The third-order valence-electron chi connectivity index (χ3n) is 7.36. The van der Waals surface area contributed by atoms with Crippen molar-refractivity contribution in [3.05, 3.63) is 108 Å². The summed E-state index contributed by atoms with van der Waals surface area (Å²) in [5.74, 6) is -0.565. The molecule has 0 fully saturated rings. The lowest BCUT2D eigenvalue weighted by atomic mass is 9.94. The van der Waals surface area contributed by atoms with Crippen LogP contribution in [0.2, 0.25) is 0 Å². The number of ether oxygens (including phenoxy) is 3. The topological polar surface area (TPSA) is 121 Å². The van der Waals surface area contributed by atoms with Crippen LogP contribution in [0.15, 0.2) is 69.6 Å². The van der Waals surface area contributed by atoms with Gasteiger partial charge in [-0.1, -0.05) is 17.4 Å². The van der Waals surface area contributed by atoms with Crippen molar-refractivity contribution in [3.63, 3.8) is 0 Å². The van der Waals surface area contributed by atoms with Gasteiger partial charge in [0.2, 0.25) is 0 Å². The summed E-state index contributed by atoms with van der Waals surface area (Å²) in [5.41, 5.74) is 4.30. The van der Waals surface area contributed by atoms with Crippen LogP contribution in [0.4, 0.5) is 0 Å². The predicted octanol–water partition coefficient (Wildman–Crippen LogP) is 3.92. The number of aryl methyl sites for hydroxylation is 1. The van der Waals surface area contributed by atoms with E-state index in [9.17, 15) is 19.5 Å². The van der Waals surface area contributed by atoms with Crippen LogP contribution in [-0.4, -0.2) is 47.0 Å². The minimum absolute atomic E-state index is 0.160. The molecule has 2 aromatic heterocycles. The number of methoxy groups -OCH3 is 2. The SMILES string of the molecule is CCOC(=O)C1=C(C)N=c2s/c(=C\c3cc(C)n(-c4cccc(C(=O)O)c4)c3C)c(=O)n2[C@@H]1c1cc(OC)ccc1OC. The summed E-state index contributed by atoms with van der Waals surface area (Å²) in [6.07, 6.45) is 1.80. The summed E-state index contributed by atoms with van der Waals surface area (Å²) in [7, 11) is 3.07. The lowest BCUT2D eigenvalue weighted by molar-refractivity contribution is -0.139. The molecule has 0 amide bonds. The van der Waals surface area contributed by atoms with Gasteiger partial charge in [0.15, 0.2) is 4.80 Å². The number of carboxylic acid groups (broad SMARTS) is 1. The summed E-state index contributed by atoms with van der Waals surface area (Å²) in [5, 5.41) is 9.47. The summed E-state index contributed by atoms with van der Waals surface area (Å²) in [4.78, 5) is 44.1. The smallest absolute Gasteiger partial charge is 0.338 e. The first-order valence-electron chi connectivity index (χ1n) is 13.5. The van der Waals surface area contributed by atoms with Gasteiger partial charge in [-0.3, -0.25) is 9.36 Å². The Hall–Kier alpha value is -4.90. The summed E-state index contributed by atoms with van der Waals surface area (Å²) in [6.45, 7) is 7.44. The van der Waals surface area contributed by atoms with Gasteiger partial charge in [-0.2, -0.15) is 0 Å². The molecule has 11 heteroatoms. The number of hydrogen-bond donors (Lipinski definition) is 1. The van der Waals surface area contributed by atoms with E-state index in [4.69, 9.17) is 14.2 Å². The van der Waals surface area contributed by atoms with E-state index in [0.29, 0.717) is 37.8 Å². The zero-order chi connectivity index (χ0) is 31.0. The Labute approximate surface area is 251 Å². The summed E-state index contributed by atoms with van der Waals surface area (Å²) >= 11 is 1.22. The van der Waals surface area contributed by atoms with Crippen LogP contribution >= 0.6 is 11.3 Å². The fourth-order valence-corrected chi connectivity index (χ4v) is 6.43. The van der Waals surface area contributed by atoms with Crippen LogP contribution in [0.3, 0.4) is 0 Å². The number of hydrogen-bond acceptors (Lipinski definition) is 8. The molecule has 0 saturated carbocycles. The standard InChI is InChI=1S/C32H31N3O7S/c1-7-42-31(39)27-18(3)33-32-35(28(27)24-16-23(40-5)11-12-25(24)41-6)29(36)26(43-32)15-21-13-17(2)34(19(21)4)22-10-8-9-20(14-22)30(37)38/h8-16,28H,7H2,1-6H3,(H,37,38)/b26-15-/t28-/m1/s1. The molecule has 2 aromatic carbocycles. The van der Waals surface area contributed by atoms with Gasteiger partial charge >= 0.3 is 11.9 Å². The van der Waals surface area contributed by atoms with Gasteiger partial charge in [-0.25, -0.2) is 14.6 Å². The Balaban J connectivity index is 1.72. The number of aromatic nitrogens is 2. The Bertz CT molecular complexity index is 1980. The molecular formula is C32H31N3O7S. The largest absolute Gasteiger partial charge is 0.497 e. The molecule has 43 heavy (non-hydrogen) atoms. The van der Waals surface area contributed by atoms with E-state index in [-0.39, 0.29) is 23.3 Å². The lowest BCUT2D eigenvalue weighted by Gasteiger charge is -2.26. The van der Waals surface area contributed by atoms with Crippen LogP contribution in [0.1, 0.15) is 52.8 Å². The Morgan fingerprint density at radius 3 is 2.51 bits per heavy atom. The molecule has 0 spiro atoms. The monoisotopic (exact) mass is 601 g/mol. The Kier molecular flexibility index (Phi) is 8.10. The van der Waals surface area contributed by atoms with Crippen molar-refractivity contribution in [1.82, 2.24) is 9.13 Å². The van der Waals surface area contributed by atoms with E-state index in [1.807, 2.05) is 30.5 Å². The number of fused-ring (bicyclic) bond motifs is 1. The minimum atomic E-state index is -1.01. The van der Waals surface area contributed by atoms with E-state index in [1.165, 1.54) is 23.0 Å².